The molecule has 15 heteroatoms. The number of nitrogens with zero attached hydrogens (tertiary/aromatic N) is 3. The second kappa shape index (κ2) is 14.3. The standard InChI is InChI=1S/C23H24ClIN6O2.C2HF3O2/c24-21-20(30-12-1-10-26-11-13-30)14-27-31(22(21)32)15-16-2-6-18(7-3-16)28-23(33)29-19-8-4-17(25)5-9-19;3-2(4,5)1(6)7/h2-9,14,26H,1,10-13,15H2,(H2,28,29,33);(H,6,7). The smallest absolute Gasteiger partial charge is 0.475 e. The van der Waals surface area contributed by atoms with Crippen LogP contribution in [0.2, 0.25) is 5.02 Å². The molecule has 0 aliphatic carbocycles. The molecule has 0 spiro atoms. The van der Waals surface area contributed by atoms with Crippen molar-refractivity contribution in [2.75, 3.05) is 41.7 Å². The molecule has 2 amide bonds. The van der Waals surface area contributed by atoms with Gasteiger partial charge in [0.25, 0.3) is 5.56 Å². The Morgan fingerprint density at radius 2 is 1.60 bits per heavy atom. The summed E-state index contributed by atoms with van der Waals surface area (Å²) in [5.41, 5.74) is 2.60. The van der Waals surface area contributed by atoms with E-state index in [0.29, 0.717) is 17.1 Å². The van der Waals surface area contributed by atoms with Crippen LogP contribution < -0.4 is 26.4 Å². The van der Waals surface area contributed by atoms with Gasteiger partial charge in [-0.05, 0) is 77.5 Å². The summed E-state index contributed by atoms with van der Waals surface area (Å²) in [6, 6.07) is 14.5. The van der Waals surface area contributed by atoms with Crippen LogP contribution in [0.25, 0.3) is 0 Å². The van der Waals surface area contributed by atoms with Crippen molar-refractivity contribution in [2.45, 2.75) is 19.1 Å². The number of alkyl halides is 3. The Kier molecular flexibility index (Phi) is 11.2. The zero-order valence-corrected chi connectivity index (χ0v) is 23.8. The van der Waals surface area contributed by atoms with Crippen LogP contribution >= 0.6 is 34.2 Å². The van der Waals surface area contributed by atoms with Gasteiger partial charge in [-0.15, -0.1) is 0 Å². The van der Waals surface area contributed by atoms with Gasteiger partial charge < -0.3 is 26.0 Å². The molecule has 214 valence electrons. The van der Waals surface area contributed by atoms with Gasteiger partial charge >= 0.3 is 18.2 Å². The van der Waals surface area contributed by atoms with Gasteiger partial charge in [0.1, 0.15) is 5.02 Å². The van der Waals surface area contributed by atoms with Gasteiger partial charge in [0.05, 0.1) is 18.4 Å². The molecule has 3 aromatic rings. The van der Waals surface area contributed by atoms with Crippen molar-refractivity contribution < 1.29 is 27.9 Å². The van der Waals surface area contributed by atoms with Crippen molar-refractivity contribution in [3.8, 4) is 0 Å². The molecule has 40 heavy (non-hydrogen) atoms. The highest BCUT2D eigenvalue weighted by Gasteiger charge is 2.38. The minimum atomic E-state index is -5.08. The topological polar surface area (TPSA) is 129 Å². The quantitative estimate of drug-likeness (QED) is 0.287. The largest absolute Gasteiger partial charge is 0.490 e. The number of benzene rings is 2. The SMILES string of the molecule is O=C(Nc1ccc(I)cc1)Nc1ccc(Cn2ncc(N3CCCNCC3)c(Cl)c2=O)cc1.O=C(O)C(F)(F)F. The van der Waals surface area contributed by atoms with Crippen LogP contribution in [0.4, 0.5) is 35.0 Å². The Labute approximate surface area is 245 Å². The molecular formula is C25H25ClF3IN6O4. The number of hydrogen-bond acceptors (Lipinski definition) is 6. The van der Waals surface area contributed by atoms with E-state index in [-0.39, 0.29) is 23.2 Å². The summed E-state index contributed by atoms with van der Waals surface area (Å²) in [6.45, 7) is 3.72. The predicted octanol–water partition coefficient (Wildman–Crippen LogP) is 4.63. The van der Waals surface area contributed by atoms with E-state index in [1.807, 2.05) is 36.4 Å². The number of hydrogen-bond donors (Lipinski definition) is 4. The van der Waals surface area contributed by atoms with Crippen molar-refractivity contribution in [1.29, 1.82) is 0 Å². The van der Waals surface area contributed by atoms with Crippen LogP contribution in [0.1, 0.15) is 12.0 Å². The number of carbonyl (C=O) groups is 2. The van der Waals surface area contributed by atoms with Gasteiger partial charge in [-0.25, -0.2) is 14.3 Å². The van der Waals surface area contributed by atoms with Crippen molar-refractivity contribution in [3.63, 3.8) is 0 Å². The third kappa shape index (κ3) is 9.38. The molecule has 0 bridgehead atoms. The van der Waals surface area contributed by atoms with Crippen LogP contribution in [-0.4, -0.2) is 59.2 Å². The molecule has 4 N–H and O–H groups in total. The third-order valence-electron chi connectivity index (χ3n) is 5.54. The Morgan fingerprint density at radius 3 is 2.17 bits per heavy atom. The fourth-order valence-corrected chi connectivity index (χ4v) is 4.19. The zero-order chi connectivity index (χ0) is 29.3. The Hall–Kier alpha value is -3.37. The van der Waals surface area contributed by atoms with Crippen LogP contribution in [-0.2, 0) is 11.3 Å². The average Bonchev–Trinajstić information content (AvgIpc) is 3.19. The number of carboxylic acid groups (broad SMARTS) is 1. The fraction of sp³-hybridized carbons (Fsp3) is 0.280. The minimum Gasteiger partial charge on any atom is -0.475 e. The summed E-state index contributed by atoms with van der Waals surface area (Å²) in [7, 11) is 0. The zero-order valence-electron chi connectivity index (χ0n) is 20.8. The Morgan fingerprint density at radius 1 is 1.02 bits per heavy atom. The maximum atomic E-state index is 12.8. The molecule has 0 saturated carbocycles. The van der Waals surface area contributed by atoms with Gasteiger partial charge in [0.2, 0.25) is 0 Å². The first-order valence-electron chi connectivity index (χ1n) is 11.9. The fourth-order valence-electron chi connectivity index (χ4n) is 3.57. The molecule has 10 nitrogen and oxygen atoms in total. The number of carbonyl (C=O) groups excluding carboxylic acids is 1. The highest BCUT2D eigenvalue weighted by atomic mass is 127. The van der Waals surface area contributed by atoms with E-state index in [1.54, 1.807) is 18.3 Å². The lowest BCUT2D eigenvalue weighted by molar-refractivity contribution is -0.192. The monoisotopic (exact) mass is 692 g/mol. The Bertz CT molecular complexity index is 1360. The van der Waals surface area contributed by atoms with E-state index in [9.17, 15) is 22.8 Å². The van der Waals surface area contributed by atoms with E-state index >= 15 is 0 Å². The summed E-state index contributed by atoms with van der Waals surface area (Å²) in [5.74, 6) is -2.76. The second-order valence-corrected chi connectivity index (χ2v) is 10.1. The molecular weight excluding hydrogens is 668 g/mol. The number of nitrogens with one attached hydrogen (secondary N) is 3. The number of rotatable bonds is 5. The molecule has 0 atom stereocenters. The highest BCUT2D eigenvalue weighted by Crippen LogP contribution is 2.22. The molecule has 2 heterocycles. The van der Waals surface area contributed by atoms with Gasteiger partial charge in [0, 0.05) is 34.6 Å². The van der Waals surface area contributed by atoms with Crippen LogP contribution in [0.3, 0.4) is 0 Å². The highest BCUT2D eigenvalue weighted by molar-refractivity contribution is 14.1. The number of urea groups is 1. The van der Waals surface area contributed by atoms with E-state index in [0.717, 1.165) is 41.7 Å². The summed E-state index contributed by atoms with van der Waals surface area (Å²) in [4.78, 5) is 36.0. The van der Waals surface area contributed by atoms with Crippen molar-refractivity contribution >= 4 is 63.3 Å². The third-order valence-corrected chi connectivity index (χ3v) is 6.61. The number of amides is 2. The lowest BCUT2D eigenvalue weighted by atomic mass is 10.2. The normalized spacial score (nSPS) is 13.5. The number of aromatic nitrogens is 2. The van der Waals surface area contributed by atoms with Gasteiger partial charge in [-0.2, -0.15) is 18.3 Å². The Balaban J connectivity index is 0.000000559. The van der Waals surface area contributed by atoms with Crippen LogP contribution in [0.5, 0.6) is 0 Å². The number of halogens is 5. The predicted molar refractivity (Wildman–Crippen MR) is 154 cm³/mol. The molecule has 1 aliphatic rings. The minimum absolute atomic E-state index is 0.192. The lowest BCUT2D eigenvalue weighted by Crippen LogP contribution is -2.32. The van der Waals surface area contributed by atoms with Crippen molar-refractivity contribution in [3.05, 3.63) is 79.2 Å². The molecule has 1 fully saturated rings. The molecule has 1 saturated heterocycles. The lowest BCUT2D eigenvalue weighted by Gasteiger charge is -2.23. The number of carboxylic acids is 1. The van der Waals surface area contributed by atoms with Crippen LogP contribution in [0, 0.1) is 3.57 Å². The second-order valence-electron chi connectivity index (χ2n) is 8.48. The molecule has 0 radical (unpaired) electrons. The van der Waals surface area contributed by atoms with E-state index in [4.69, 9.17) is 21.5 Å². The van der Waals surface area contributed by atoms with Crippen LogP contribution in [0.15, 0.2) is 59.5 Å². The average molecular weight is 693 g/mol. The summed E-state index contributed by atoms with van der Waals surface area (Å²) >= 11 is 8.63. The van der Waals surface area contributed by atoms with E-state index in [1.165, 1.54) is 4.68 Å². The van der Waals surface area contributed by atoms with Gasteiger partial charge in [-0.1, -0.05) is 23.7 Å². The maximum absolute atomic E-state index is 12.8. The molecule has 0 unspecified atom stereocenters. The number of anilines is 3. The van der Waals surface area contributed by atoms with Gasteiger partial charge in [0.15, 0.2) is 0 Å². The first kappa shape index (κ1) is 31.2. The van der Waals surface area contributed by atoms with Crippen molar-refractivity contribution in [1.82, 2.24) is 15.1 Å². The van der Waals surface area contributed by atoms with E-state index < -0.39 is 12.1 Å². The molecule has 2 aromatic carbocycles. The maximum Gasteiger partial charge on any atom is 0.490 e. The number of aliphatic carboxylic acids is 1. The molecule has 1 aliphatic heterocycles. The van der Waals surface area contributed by atoms with Crippen molar-refractivity contribution in [2.24, 2.45) is 0 Å². The van der Waals surface area contributed by atoms with Gasteiger partial charge in [-0.3, -0.25) is 4.79 Å². The summed E-state index contributed by atoms with van der Waals surface area (Å²) in [6.07, 6.45) is -2.43. The summed E-state index contributed by atoms with van der Waals surface area (Å²) in [5, 5.41) is 20.6. The summed E-state index contributed by atoms with van der Waals surface area (Å²) < 4.78 is 34.2. The first-order chi connectivity index (χ1) is 18.9. The molecule has 1 aromatic heterocycles. The van der Waals surface area contributed by atoms with E-state index in [2.05, 4.69) is 48.5 Å². The first-order valence-corrected chi connectivity index (χ1v) is 13.3. The molecule has 4 rings (SSSR count).